The molecular formula is C22H28NO3+. The molecule has 2 aromatic carbocycles. The Labute approximate surface area is 155 Å². The molecule has 1 heterocycles. The van der Waals surface area contributed by atoms with E-state index >= 15 is 0 Å². The first-order valence-electron chi connectivity index (χ1n) is 9.28. The van der Waals surface area contributed by atoms with Gasteiger partial charge in [-0.1, -0.05) is 30.3 Å². The van der Waals surface area contributed by atoms with E-state index < -0.39 is 5.60 Å². The molecule has 4 nitrogen and oxygen atoms in total. The van der Waals surface area contributed by atoms with Crippen LogP contribution in [0.2, 0.25) is 0 Å². The first-order chi connectivity index (χ1) is 12.4. The molecule has 0 bridgehead atoms. The molecule has 138 valence electrons. The van der Waals surface area contributed by atoms with Crippen molar-refractivity contribution in [2.45, 2.75) is 44.8 Å². The van der Waals surface area contributed by atoms with Gasteiger partial charge < -0.3 is 14.8 Å². The fourth-order valence-corrected chi connectivity index (χ4v) is 3.38. The molecule has 0 amide bonds. The average Bonchev–Trinajstić information content (AvgIpc) is 2.62. The highest BCUT2D eigenvalue weighted by atomic mass is 16.6. The first kappa shape index (κ1) is 18.5. The maximum atomic E-state index is 12.8. The maximum absolute atomic E-state index is 12.8. The Morgan fingerprint density at radius 1 is 0.962 bits per heavy atom. The minimum Gasteiger partial charge on any atom is -0.488 e. The van der Waals surface area contributed by atoms with Gasteiger partial charge in [-0.3, -0.25) is 0 Å². The van der Waals surface area contributed by atoms with Gasteiger partial charge in [0, 0.05) is 12.8 Å². The smallest absolute Gasteiger partial charge is 0.339 e. The van der Waals surface area contributed by atoms with Crippen LogP contribution in [0.5, 0.6) is 5.75 Å². The number of ether oxygens (including phenoxy) is 2. The number of hydrogen-bond acceptors (Lipinski definition) is 3. The summed E-state index contributed by atoms with van der Waals surface area (Å²) in [6, 6.07) is 17.3. The molecule has 1 aliphatic heterocycles. The highest BCUT2D eigenvalue weighted by molar-refractivity contribution is 5.89. The molecule has 0 radical (unpaired) electrons. The summed E-state index contributed by atoms with van der Waals surface area (Å²) < 4.78 is 11.9. The SMILES string of the molecule is CC(C)(C)Oc1ccc(C(=O)OC2(c3ccccc3)CC[NH2+]CC2)cc1. The van der Waals surface area contributed by atoms with Gasteiger partial charge in [0.25, 0.3) is 0 Å². The number of nitrogens with two attached hydrogens (primary N) is 1. The van der Waals surface area contributed by atoms with Crippen molar-refractivity contribution >= 4 is 5.97 Å². The lowest BCUT2D eigenvalue weighted by atomic mass is 9.84. The number of quaternary nitrogens is 1. The van der Waals surface area contributed by atoms with Gasteiger partial charge in [-0.2, -0.15) is 0 Å². The standard InChI is InChI=1S/C22H27NO3/c1-21(2,3)25-19-11-9-17(10-12-19)20(24)26-22(13-15-23-16-14-22)18-7-5-4-6-8-18/h4-12,23H,13-16H2,1-3H3/p+1. The zero-order valence-corrected chi connectivity index (χ0v) is 15.8. The van der Waals surface area contributed by atoms with Crippen molar-refractivity contribution in [2.24, 2.45) is 0 Å². The number of carbonyl (C=O) groups excluding carboxylic acids is 1. The summed E-state index contributed by atoms with van der Waals surface area (Å²) in [6.45, 7) is 7.91. The predicted octanol–water partition coefficient (Wildman–Crippen LogP) is 3.27. The summed E-state index contributed by atoms with van der Waals surface area (Å²) in [5.74, 6) is 0.470. The molecule has 1 fully saturated rings. The maximum Gasteiger partial charge on any atom is 0.339 e. The lowest BCUT2D eigenvalue weighted by molar-refractivity contribution is -0.668. The minimum absolute atomic E-state index is 0.266. The van der Waals surface area contributed by atoms with Crippen molar-refractivity contribution in [3.8, 4) is 5.75 Å². The van der Waals surface area contributed by atoms with Crippen LogP contribution in [-0.2, 0) is 10.3 Å². The minimum atomic E-state index is -0.534. The van der Waals surface area contributed by atoms with E-state index in [-0.39, 0.29) is 11.6 Å². The first-order valence-corrected chi connectivity index (χ1v) is 9.28. The largest absolute Gasteiger partial charge is 0.488 e. The molecule has 26 heavy (non-hydrogen) atoms. The highest BCUT2D eigenvalue weighted by Gasteiger charge is 2.39. The molecule has 0 spiro atoms. The van der Waals surface area contributed by atoms with Crippen molar-refractivity contribution in [1.82, 2.24) is 0 Å². The zero-order chi connectivity index (χ0) is 18.6. The van der Waals surface area contributed by atoms with E-state index in [1.165, 1.54) is 0 Å². The highest BCUT2D eigenvalue weighted by Crippen LogP contribution is 2.34. The van der Waals surface area contributed by atoms with Gasteiger partial charge in [-0.15, -0.1) is 0 Å². The van der Waals surface area contributed by atoms with Crippen LogP contribution in [-0.4, -0.2) is 24.7 Å². The number of piperidine rings is 1. The Bertz CT molecular complexity index is 726. The second kappa shape index (κ2) is 7.50. The van der Waals surface area contributed by atoms with Crippen LogP contribution in [0.25, 0.3) is 0 Å². The predicted molar refractivity (Wildman–Crippen MR) is 101 cm³/mol. The zero-order valence-electron chi connectivity index (χ0n) is 15.8. The summed E-state index contributed by atoms with van der Waals surface area (Å²) in [7, 11) is 0. The molecule has 2 N–H and O–H groups in total. The van der Waals surface area contributed by atoms with Crippen molar-refractivity contribution in [1.29, 1.82) is 0 Å². The quantitative estimate of drug-likeness (QED) is 0.858. The number of hydrogen-bond donors (Lipinski definition) is 1. The topological polar surface area (TPSA) is 52.1 Å². The van der Waals surface area contributed by atoms with Crippen LogP contribution in [0, 0.1) is 0 Å². The molecule has 4 heteroatoms. The number of rotatable bonds is 4. The van der Waals surface area contributed by atoms with E-state index in [0.29, 0.717) is 5.56 Å². The molecule has 0 aromatic heterocycles. The summed E-state index contributed by atoms with van der Waals surface area (Å²) in [5, 5.41) is 2.27. The third kappa shape index (κ3) is 4.44. The van der Waals surface area contributed by atoms with Crippen molar-refractivity contribution in [3.63, 3.8) is 0 Å². The number of benzene rings is 2. The van der Waals surface area contributed by atoms with Gasteiger partial charge in [0.1, 0.15) is 17.0 Å². The molecule has 0 atom stereocenters. The molecule has 0 unspecified atom stereocenters. The van der Waals surface area contributed by atoms with Crippen LogP contribution < -0.4 is 10.1 Å². The molecule has 3 rings (SSSR count). The average molecular weight is 354 g/mol. The van der Waals surface area contributed by atoms with E-state index in [9.17, 15) is 4.79 Å². The van der Waals surface area contributed by atoms with E-state index in [1.54, 1.807) is 12.1 Å². The third-order valence-electron chi connectivity index (χ3n) is 4.61. The molecule has 1 aliphatic rings. The summed E-state index contributed by atoms with van der Waals surface area (Å²) >= 11 is 0. The molecule has 2 aromatic rings. The molecular weight excluding hydrogens is 326 g/mol. The summed E-state index contributed by atoms with van der Waals surface area (Å²) in [4.78, 5) is 12.8. The van der Waals surface area contributed by atoms with E-state index in [4.69, 9.17) is 9.47 Å². The Morgan fingerprint density at radius 3 is 2.15 bits per heavy atom. The van der Waals surface area contributed by atoms with Crippen molar-refractivity contribution < 1.29 is 19.6 Å². The van der Waals surface area contributed by atoms with E-state index in [2.05, 4.69) is 17.4 Å². The molecule has 1 saturated heterocycles. The van der Waals surface area contributed by atoms with Crippen molar-refractivity contribution in [2.75, 3.05) is 13.1 Å². The Kier molecular flexibility index (Phi) is 5.33. The fourth-order valence-electron chi connectivity index (χ4n) is 3.38. The summed E-state index contributed by atoms with van der Waals surface area (Å²) in [6.07, 6.45) is 1.65. The number of esters is 1. The number of carbonyl (C=O) groups is 1. The van der Waals surface area contributed by atoms with Crippen LogP contribution in [0.15, 0.2) is 54.6 Å². The van der Waals surface area contributed by atoms with Gasteiger partial charge in [0.2, 0.25) is 0 Å². The van der Waals surface area contributed by atoms with Crippen LogP contribution in [0.4, 0.5) is 0 Å². The Morgan fingerprint density at radius 2 is 1.58 bits per heavy atom. The third-order valence-corrected chi connectivity index (χ3v) is 4.61. The lowest BCUT2D eigenvalue weighted by Crippen LogP contribution is -2.87. The van der Waals surface area contributed by atoms with Crippen molar-refractivity contribution in [3.05, 3.63) is 65.7 Å². The Hall–Kier alpha value is -2.33. The van der Waals surface area contributed by atoms with Gasteiger partial charge >= 0.3 is 5.97 Å². The monoisotopic (exact) mass is 354 g/mol. The fraction of sp³-hybridized carbons (Fsp3) is 0.409. The lowest BCUT2D eigenvalue weighted by Gasteiger charge is -2.36. The normalized spacial score (nSPS) is 16.7. The van der Waals surface area contributed by atoms with Crippen LogP contribution >= 0.6 is 0 Å². The Balaban J connectivity index is 1.78. The van der Waals surface area contributed by atoms with E-state index in [1.807, 2.05) is 51.1 Å². The molecule has 0 aliphatic carbocycles. The molecule has 0 saturated carbocycles. The second-order valence-corrected chi connectivity index (χ2v) is 7.85. The van der Waals surface area contributed by atoms with Gasteiger partial charge in [0.15, 0.2) is 0 Å². The van der Waals surface area contributed by atoms with Gasteiger partial charge in [-0.05, 0) is 50.6 Å². The van der Waals surface area contributed by atoms with Crippen LogP contribution in [0.3, 0.4) is 0 Å². The van der Waals surface area contributed by atoms with Gasteiger partial charge in [-0.25, -0.2) is 4.79 Å². The van der Waals surface area contributed by atoms with Crippen LogP contribution in [0.1, 0.15) is 49.5 Å². The second-order valence-electron chi connectivity index (χ2n) is 7.85. The summed E-state index contributed by atoms with van der Waals surface area (Å²) in [5.41, 5.74) is 0.830. The van der Waals surface area contributed by atoms with Gasteiger partial charge in [0.05, 0.1) is 18.7 Å². The van der Waals surface area contributed by atoms with E-state index in [0.717, 1.165) is 37.2 Å².